The fourth-order valence-electron chi connectivity index (χ4n) is 2.42. The summed E-state index contributed by atoms with van der Waals surface area (Å²) in [6.45, 7) is 2.25. The molecule has 8 nitrogen and oxygen atoms in total. The van der Waals surface area contributed by atoms with Crippen molar-refractivity contribution in [2.75, 3.05) is 14.1 Å². The van der Waals surface area contributed by atoms with Gasteiger partial charge in [0.2, 0.25) is 5.82 Å². The third kappa shape index (κ3) is 3.32. The summed E-state index contributed by atoms with van der Waals surface area (Å²) in [5, 5.41) is 6.79. The molecule has 0 saturated carbocycles. The number of aryl methyl sites for hydroxylation is 1. The molecule has 2 aromatic heterocycles. The standard InChI is InChI=1S/C17H18N6O2/c1-11-8-9-19-17-20-14(21-23(11)17)16(25)22(3)10-12-4-6-13(7-5-12)15(24)18-2/h4-9H,10H2,1-3H3,(H,18,24). The van der Waals surface area contributed by atoms with E-state index < -0.39 is 0 Å². The average molecular weight is 338 g/mol. The summed E-state index contributed by atoms with van der Waals surface area (Å²) in [5.74, 6) is 0.0611. The molecule has 0 spiro atoms. The Morgan fingerprint density at radius 2 is 1.92 bits per heavy atom. The number of nitrogens with zero attached hydrogens (tertiary/aromatic N) is 5. The lowest BCUT2D eigenvalue weighted by atomic mass is 10.1. The van der Waals surface area contributed by atoms with Crippen LogP contribution in [0.25, 0.3) is 5.78 Å². The Balaban J connectivity index is 1.75. The number of rotatable bonds is 4. The normalized spacial score (nSPS) is 10.7. The van der Waals surface area contributed by atoms with Crippen molar-refractivity contribution in [1.29, 1.82) is 0 Å². The number of nitrogens with one attached hydrogen (secondary N) is 1. The number of fused-ring (bicyclic) bond motifs is 1. The van der Waals surface area contributed by atoms with Gasteiger partial charge in [-0.15, -0.1) is 5.10 Å². The fraction of sp³-hybridized carbons (Fsp3) is 0.235. The second kappa shape index (κ2) is 6.68. The first-order valence-electron chi connectivity index (χ1n) is 7.74. The molecule has 2 amide bonds. The smallest absolute Gasteiger partial charge is 0.293 e. The molecule has 0 aliphatic carbocycles. The minimum absolute atomic E-state index is 0.103. The number of hydrogen-bond donors (Lipinski definition) is 1. The molecule has 1 N–H and O–H groups in total. The minimum atomic E-state index is -0.291. The van der Waals surface area contributed by atoms with E-state index in [0.29, 0.717) is 17.9 Å². The van der Waals surface area contributed by atoms with E-state index in [4.69, 9.17) is 0 Å². The maximum absolute atomic E-state index is 12.5. The molecule has 0 atom stereocenters. The van der Waals surface area contributed by atoms with Crippen LogP contribution in [0.15, 0.2) is 36.5 Å². The zero-order valence-electron chi connectivity index (χ0n) is 14.2. The molecule has 0 radical (unpaired) electrons. The van der Waals surface area contributed by atoms with Crippen LogP contribution in [-0.4, -0.2) is 50.4 Å². The zero-order valence-corrected chi connectivity index (χ0v) is 14.2. The molecular weight excluding hydrogens is 320 g/mol. The Morgan fingerprint density at radius 1 is 1.20 bits per heavy atom. The number of amides is 2. The van der Waals surface area contributed by atoms with Crippen LogP contribution in [0.4, 0.5) is 0 Å². The predicted molar refractivity (Wildman–Crippen MR) is 91.1 cm³/mol. The summed E-state index contributed by atoms with van der Waals surface area (Å²) in [4.78, 5) is 33.9. The first-order valence-corrected chi connectivity index (χ1v) is 7.74. The van der Waals surface area contributed by atoms with E-state index >= 15 is 0 Å². The highest BCUT2D eigenvalue weighted by atomic mass is 16.2. The monoisotopic (exact) mass is 338 g/mol. The molecule has 128 valence electrons. The van der Waals surface area contributed by atoms with Crippen LogP contribution >= 0.6 is 0 Å². The lowest BCUT2D eigenvalue weighted by Crippen LogP contribution is -2.27. The number of carbonyl (C=O) groups is 2. The maximum atomic E-state index is 12.5. The van der Waals surface area contributed by atoms with Crippen molar-refractivity contribution in [3.8, 4) is 0 Å². The van der Waals surface area contributed by atoms with Crippen molar-refractivity contribution in [2.24, 2.45) is 0 Å². The maximum Gasteiger partial charge on any atom is 0.293 e. The van der Waals surface area contributed by atoms with Gasteiger partial charge in [-0.3, -0.25) is 9.59 Å². The van der Waals surface area contributed by atoms with Gasteiger partial charge in [-0.2, -0.15) is 4.98 Å². The number of benzene rings is 1. The Hall–Kier alpha value is -3.29. The minimum Gasteiger partial charge on any atom is -0.355 e. The van der Waals surface area contributed by atoms with Crippen LogP contribution in [0, 0.1) is 6.92 Å². The summed E-state index contributed by atoms with van der Waals surface area (Å²) in [6.07, 6.45) is 1.63. The van der Waals surface area contributed by atoms with Gasteiger partial charge in [0.1, 0.15) is 0 Å². The lowest BCUT2D eigenvalue weighted by molar-refractivity contribution is 0.0773. The molecule has 0 saturated heterocycles. The van der Waals surface area contributed by atoms with Crippen molar-refractivity contribution >= 4 is 17.6 Å². The van der Waals surface area contributed by atoms with Gasteiger partial charge in [0.05, 0.1) is 0 Å². The van der Waals surface area contributed by atoms with Crippen molar-refractivity contribution in [2.45, 2.75) is 13.5 Å². The molecular formula is C17H18N6O2. The Morgan fingerprint density at radius 3 is 2.56 bits per heavy atom. The molecule has 0 bridgehead atoms. The number of aromatic nitrogens is 4. The average Bonchev–Trinajstić information content (AvgIpc) is 3.06. The molecule has 0 aliphatic heterocycles. The van der Waals surface area contributed by atoms with Crippen LogP contribution in [0.5, 0.6) is 0 Å². The van der Waals surface area contributed by atoms with E-state index in [9.17, 15) is 9.59 Å². The number of carbonyl (C=O) groups excluding carboxylic acids is 2. The molecule has 25 heavy (non-hydrogen) atoms. The summed E-state index contributed by atoms with van der Waals surface area (Å²) in [7, 11) is 3.27. The van der Waals surface area contributed by atoms with Crippen LogP contribution in [0.1, 0.15) is 32.2 Å². The van der Waals surface area contributed by atoms with Gasteiger partial charge in [0, 0.05) is 38.1 Å². The lowest BCUT2D eigenvalue weighted by Gasteiger charge is -2.15. The fourth-order valence-corrected chi connectivity index (χ4v) is 2.42. The van der Waals surface area contributed by atoms with E-state index in [-0.39, 0.29) is 17.6 Å². The van der Waals surface area contributed by atoms with Gasteiger partial charge in [-0.1, -0.05) is 12.1 Å². The van der Waals surface area contributed by atoms with E-state index in [1.807, 2.05) is 19.1 Å². The molecule has 3 rings (SSSR count). The third-order valence-electron chi connectivity index (χ3n) is 3.83. The third-order valence-corrected chi connectivity index (χ3v) is 3.83. The van der Waals surface area contributed by atoms with Gasteiger partial charge < -0.3 is 10.2 Å². The Kier molecular flexibility index (Phi) is 4.42. The van der Waals surface area contributed by atoms with Crippen LogP contribution < -0.4 is 5.32 Å². The molecule has 8 heteroatoms. The van der Waals surface area contributed by atoms with Crippen molar-refractivity contribution in [1.82, 2.24) is 29.8 Å². The van der Waals surface area contributed by atoms with Crippen LogP contribution in [0.2, 0.25) is 0 Å². The molecule has 2 heterocycles. The second-order valence-corrected chi connectivity index (χ2v) is 5.67. The first-order chi connectivity index (χ1) is 12.0. The van der Waals surface area contributed by atoms with E-state index in [1.54, 1.807) is 43.0 Å². The van der Waals surface area contributed by atoms with Gasteiger partial charge in [0.25, 0.3) is 17.6 Å². The Labute approximate surface area is 144 Å². The highest BCUT2D eigenvalue weighted by Crippen LogP contribution is 2.10. The summed E-state index contributed by atoms with van der Waals surface area (Å²) < 4.78 is 1.54. The topological polar surface area (TPSA) is 92.5 Å². The van der Waals surface area contributed by atoms with E-state index in [0.717, 1.165) is 11.3 Å². The molecule has 1 aromatic carbocycles. The SMILES string of the molecule is CNC(=O)c1ccc(CN(C)C(=O)c2nc3nccc(C)n3n2)cc1. The van der Waals surface area contributed by atoms with Gasteiger partial charge >= 0.3 is 0 Å². The van der Waals surface area contributed by atoms with Crippen molar-refractivity contribution in [3.63, 3.8) is 0 Å². The van der Waals surface area contributed by atoms with Crippen LogP contribution in [0.3, 0.4) is 0 Å². The molecule has 3 aromatic rings. The molecule has 0 aliphatic rings. The molecule has 0 fully saturated rings. The largest absolute Gasteiger partial charge is 0.355 e. The van der Waals surface area contributed by atoms with E-state index in [2.05, 4.69) is 20.4 Å². The Bertz CT molecular complexity index is 932. The quantitative estimate of drug-likeness (QED) is 0.768. The van der Waals surface area contributed by atoms with Gasteiger partial charge in [0.15, 0.2) is 0 Å². The highest BCUT2D eigenvalue weighted by Gasteiger charge is 2.18. The second-order valence-electron chi connectivity index (χ2n) is 5.67. The highest BCUT2D eigenvalue weighted by molar-refractivity contribution is 5.94. The van der Waals surface area contributed by atoms with Crippen molar-refractivity contribution < 1.29 is 9.59 Å². The summed E-state index contributed by atoms with van der Waals surface area (Å²) in [6, 6.07) is 8.88. The van der Waals surface area contributed by atoms with E-state index in [1.165, 1.54) is 4.90 Å². The number of hydrogen-bond acceptors (Lipinski definition) is 5. The molecule has 0 unspecified atom stereocenters. The summed E-state index contributed by atoms with van der Waals surface area (Å²) >= 11 is 0. The van der Waals surface area contributed by atoms with Crippen LogP contribution in [-0.2, 0) is 6.54 Å². The predicted octanol–water partition coefficient (Wildman–Crippen LogP) is 1.06. The summed E-state index contributed by atoms with van der Waals surface area (Å²) in [5.41, 5.74) is 2.33. The first kappa shape index (κ1) is 16.6. The van der Waals surface area contributed by atoms with Gasteiger partial charge in [-0.25, -0.2) is 9.50 Å². The zero-order chi connectivity index (χ0) is 18.0. The van der Waals surface area contributed by atoms with Crippen molar-refractivity contribution in [3.05, 3.63) is 59.2 Å². The van der Waals surface area contributed by atoms with Gasteiger partial charge in [-0.05, 0) is 30.7 Å².